The van der Waals surface area contributed by atoms with Crippen molar-refractivity contribution in [1.29, 1.82) is 0 Å². The summed E-state index contributed by atoms with van der Waals surface area (Å²) in [5.41, 5.74) is 0. The van der Waals surface area contributed by atoms with Crippen molar-refractivity contribution in [3.8, 4) is 0 Å². The molecule has 0 aliphatic carbocycles. The molecule has 0 bridgehead atoms. The maximum absolute atomic E-state index is 10.7. The molecule has 0 saturated heterocycles. The van der Waals surface area contributed by atoms with Crippen molar-refractivity contribution in [2.24, 2.45) is 11.8 Å². The molecule has 0 aliphatic rings. The maximum Gasteiger partial charge on any atom is 0.303 e. The van der Waals surface area contributed by atoms with E-state index in [4.69, 9.17) is 5.11 Å². The van der Waals surface area contributed by atoms with E-state index in [-0.39, 0.29) is 0 Å². The summed E-state index contributed by atoms with van der Waals surface area (Å²) in [6.45, 7) is 6.61. The van der Waals surface area contributed by atoms with Crippen molar-refractivity contribution in [1.82, 2.24) is 0 Å². The minimum absolute atomic E-state index is 0.354. The van der Waals surface area contributed by atoms with Crippen molar-refractivity contribution in [2.75, 3.05) is 0 Å². The summed E-state index contributed by atoms with van der Waals surface area (Å²) in [5.74, 6) is 0.506. The van der Waals surface area contributed by atoms with Crippen LogP contribution < -0.4 is 0 Å². The van der Waals surface area contributed by atoms with Crippen LogP contribution in [-0.2, 0) is 4.79 Å². The molecule has 2 atom stereocenters. The van der Waals surface area contributed by atoms with Crippen molar-refractivity contribution >= 4 is 5.97 Å². The van der Waals surface area contributed by atoms with Crippen molar-refractivity contribution in [3.05, 3.63) is 0 Å². The normalized spacial score (nSPS) is 14.9. The summed E-state index contributed by atoms with van der Waals surface area (Å²) in [5, 5.41) is 8.78. The standard InChI is InChI=1S/C13H26O2/c1-4-6-11(3)8-9-12(7-5-2)10-13(14)15/h11-12H,4-10H2,1-3H3,(H,14,15). The monoisotopic (exact) mass is 214 g/mol. The predicted octanol–water partition coefficient (Wildman–Crippen LogP) is 4.09. The number of carbonyl (C=O) groups is 1. The molecular formula is C13H26O2. The van der Waals surface area contributed by atoms with Crippen LogP contribution in [0.5, 0.6) is 0 Å². The van der Waals surface area contributed by atoms with Gasteiger partial charge in [0, 0.05) is 6.42 Å². The molecule has 0 aliphatic heterocycles. The molecule has 0 spiro atoms. The Hall–Kier alpha value is -0.530. The molecule has 2 heteroatoms. The molecule has 2 nitrogen and oxygen atoms in total. The Morgan fingerprint density at radius 3 is 2.13 bits per heavy atom. The molecule has 0 aromatic heterocycles. The van der Waals surface area contributed by atoms with Crippen molar-refractivity contribution < 1.29 is 9.90 Å². The number of carboxylic acid groups (broad SMARTS) is 1. The van der Waals surface area contributed by atoms with Crippen LogP contribution in [0.3, 0.4) is 0 Å². The van der Waals surface area contributed by atoms with Crippen molar-refractivity contribution in [3.63, 3.8) is 0 Å². The molecule has 0 aromatic rings. The number of rotatable bonds is 9. The summed E-state index contributed by atoms with van der Waals surface area (Å²) < 4.78 is 0. The molecule has 0 aromatic carbocycles. The Balaban J connectivity index is 3.78. The fourth-order valence-electron chi connectivity index (χ4n) is 2.16. The van der Waals surface area contributed by atoms with Crippen LogP contribution in [0.1, 0.15) is 65.7 Å². The van der Waals surface area contributed by atoms with E-state index in [1.165, 1.54) is 19.3 Å². The zero-order valence-corrected chi connectivity index (χ0v) is 10.5. The Bertz CT molecular complexity index is 166. The Kier molecular flexibility index (Phi) is 8.44. The number of hydrogen-bond acceptors (Lipinski definition) is 1. The number of hydrogen-bond donors (Lipinski definition) is 1. The summed E-state index contributed by atoms with van der Waals surface area (Å²) in [6.07, 6.45) is 7.29. The second-order valence-corrected chi connectivity index (χ2v) is 4.72. The largest absolute Gasteiger partial charge is 0.481 e. The molecule has 0 fully saturated rings. The molecule has 0 saturated carbocycles. The van der Waals surface area contributed by atoms with E-state index >= 15 is 0 Å². The fourth-order valence-corrected chi connectivity index (χ4v) is 2.16. The first-order chi connectivity index (χ1) is 7.10. The van der Waals surface area contributed by atoms with Crippen LogP contribution in [0.25, 0.3) is 0 Å². The van der Waals surface area contributed by atoms with Gasteiger partial charge in [-0.2, -0.15) is 0 Å². The maximum atomic E-state index is 10.7. The van der Waals surface area contributed by atoms with Crippen LogP contribution in [-0.4, -0.2) is 11.1 Å². The van der Waals surface area contributed by atoms with Gasteiger partial charge in [0.25, 0.3) is 0 Å². The molecule has 0 amide bonds. The van der Waals surface area contributed by atoms with Gasteiger partial charge in [-0.05, 0) is 18.3 Å². The smallest absolute Gasteiger partial charge is 0.303 e. The van der Waals surface area contributed by atoms with Crippen molar-refractivity contribution in [2.45, 2.75) is 65.7 Å². The van der Waals surface area contributed by atoms with Crippen LogP contribution in [0.15, 0.2) is 0 Å². The zero-order valence-electron chi connectivity index (χ0n) is 10.5. The first-order valence-corrected chi connectivity index (χ1v) is 6.31. The van der Waals surface area contributed by atoms with Gasteiger partial charge < -0.3 is 5.11 Å². The Labute approximate surface area is 94.1 Å². The van der Waals surface area contributed by atoms with Gasteiger partial charge in [-0.15, -0.1) is 0 Å². The Morgan fingerprint density at radius 2 is 1.67 bits per heavy atom. The van der Waals surface area contributed by atoms with Crippen LogP contribution >= 0.6 is 0 Å². The fraction of sp³-hybridized carbons (Fsp3) is 0.923. The lowest BCUT2D eigenvalue weighted by atomic mass is 9.89. The lowest BCUT2D eigenvalue weighted by molar-refractivity contribution is -0.138. The highest BCUT2D eigenvalue weighted by Gasteiger charge is 2.13. The lowest BCUT2D eigenvalue weighted by Gasteiger charge is -2.16. The third kappa shape index (κ3) is 8.46. The van der Waals surface area contributed by atoms with E-state index in [0.717, 1.165) is 25.2 Å². The minimum atomic E-state index is -0.642. The molecule has 0 radical (unpaired) electrons. The first kappa shape index (κ1) is 14.5. The van der Waals surface area contributed by atoms with E-state index < -0.39 is 5.97 Å². The molecular weight excluding hydrogens is 188 g/mol. The van der Waals surface area contributed by atoms with Gasteiger partial charge in [0.15, 0.2) is 0 Å². The summed E-state index contributed by atoms with van der Waals surface area (Å²) in [7, 11) is 0. The number of carboxylic acids is 1. The van der Waals surface area contributed by atoms with Gasteiger partial charge in [0.1, 0.15) is 0 Å². The van der Waals surface area contributed by atoms with Gasteiger partial charge >= 0.3 is 5.97 Å². The molecule has 0 rings (SSSR count). The molecule has 0 heterocycles. The van der Waals surface area contributed by atoms with E-state index in [2.05, 4.69) is 20.8 Å². The topological polar surface area (TPSA) is 37.3 Å². The highest BCUT2D eigenvalue weighted by molar-refractivity contribution is 5.66. The van der Waals surface area contributed by atoms with E-state index in [9.17, 15) is 4.79 Å². The first-order valence-electron chi connectivity index (χ1n) is 6.31. The van der Waals surface area contributed by atoms with Crippen LogP contribution in [0.4, 0.5) is 0 Å². The van der Waals surface area contributed by atoms with E-state index in [1.54, 1.807) is 0 Å². The van der Waals surface area contributed by atoms with E-state index in [1.807, 2.05) is 0 Å². The van der Waals surface area contributed by atoms with Crippen LogP contribution in [0.2, 0.25) is 0 Å². The zero-order chi connectivity index (χ0) is 11.7. The van der Waals surface area contributed by atoms with Crippen LogP contribution in [0, 0.1) is 11.8 Å². The number of aliphatic carboxylic acids is 1. The second-order valence-electron chi connectivity index (χ2n) is 4.72. The predicted molar refractivity (Wildman–Crippen MR) is 64.0 cm³/mol. The minimum Gasteiger partial charge on any atom is -0.481 e. The van der Waals surface area contributed by atoms with Gasteiger partial charge in [-0.1, -0.05) is 52.9 Å². The second kappa shape index (κ2) is 8.75. The summed E-state index contributed by atoms with van der Waals surface area (Å²) >= 11 is 0. The highest BCUT2D eigenvalue weighted by Crippen LogP contribution is 2.22. The van der Waals surface area contributed by atoms with E-state index in [0.29, 0.717) is 12.3 Å². The van der Waals surface area contributed by atoms with Gasteiger partial charge in [-0.25, -0.2) is 0 Å². The molecule has 2 unspecified atom stereocenters. The van der Waals surface area contributed by atoms with Gasteiger partial charge in [-0.3, -0.25) is 4.79 Å². The quantitative estimate of drug-likeness (QED) is 0.627. The summed E-state index contributed by atoms with van der Waals surface area (Å²) in [6, 6.07) is 0. The average molecular weight is 214 g/mol. The third-order valence-corrected chi connectivity index (χ3v) is 3.01. The summed E-state index contributed by atoms with van der Waals surface area (Å²) in [4.78, 5) is 10.7. The highest BCUT2D eigenvalue weighted by atomic mass is 16.4. The molecule has 1 N–H and O–H groups in total. The molecule has 15 heavy (non-hydrogen) atoms. The average Bonchev–Trinajstić information content (AvgIpc) is 2.14. The SMILES string of the molecule is CCCC(C)CCC(CCC)CC(=O)O. The Morgan fingerprint density at radius 1 is 1.07 bits per heavy atom. The third-order valence-electron chi connectivity index (χ3n) is 3.01. The van der Waals surface area contributed by atoms with Gasteiger partial charge in [0.05, 0.1) is 0 Å². The lowest BCUT2D eigenvalue weighted by Crippen LogP contribution is -2.09. The molecule has 90 valence electrons. The van der Waals surface area contributed by atoms with Gasteiger partial charge in [0.2, 0.25) is 0 Å².